The third kappa shape index (κ3) is 1.45. The summed E-state index contributed by atoms with van der Waals surface area (Å²) in [7, 11) is 0. The van der Waals surface area contributed by atoms with Crippen molar-refractivity contribution >= 4 is 0 Å². The molecule has 1 heterocycles. The quantitative estimate of drug-likeness (QED) is 0.710. The molecule has 1 aromatic heterocycles. The van der Waals surface area contributed by atoms with Crippen molar-refractivity contribution in [1.82, 2.24) is 9.97 Å². The van der Waals surface area contributed by atoms with Gasteiger partial charge in [0.15, 0.2) is 0 Å². The number of rotatable bonds is 1. The third-order valence-corrected chi connectivity index (χ3v) is 1.95. The molecule has 0 saturated carbocycles. The van der Waals surface area contributed by atoms with Gasteiger partial charge in [-0.3, -0.25) is 0 Å². The minimum atomic E-state index is -0.225. The van der Waals surface area contributed by atoms with E-state index < -0.39 is 0 Å². The summed E-state index contributed by atoms with van der Waals surface area (Å²) in [5, 5.41) is 0. The van der Waals surface area contributed by atoms with Gasteiger partial charge < -0.3 is 4.98 Å². The zero-order chi connectivity index (χ0) is 9.26. The number of aromatic amines is 1. The molecular formula is C10H9FN2. The first-order valence-electron chi connectivity index (χ1n) is 4.03. The first kappa shape index (κ1) is 7.98. The van der Waals surface area contributed by atoms with E-state index in [1.165, 1.54) is 12.1 Å². The maximum atomic E-state index is 12.6. The summed E-state index contributed by atoms with van der Waals surface area (Å²) in [4.78, 5) is 7.11. The van der Waals surface area contributed by atoms with E-state index in [1.807, 2.05) is 6.92 Å². The number of aromatic nitrogens is 2. The van der Waals surface area contributed by atoms with Crippen LogP contribution in [0.4, 0.5) is 4.39 Å². The van der Waals surface area contributed by atoms with E-state index in [-0.39, 0.29) is 5.82 Å². The lowest BCUT2D eigenvalue weighted by Gasteiger charge is -1.97. The molecule has 0 saturated heterocycles. The molecule has 3 heteroatoms. The second kappa shape index (κ2) is 3.01. The highest BCUT2D eigenvalue weighted by molar-refractivity contribution is 5.61. The Labute approximate surface area is 75.4 Å². The van der Waals surface area contributed by atoms with Gasteiger partial charge in [0.25, 0.3) is 0 Å². The second-order valence-electron chi connectivity index (χ2n) is 2.88. The standard InChI is InChI=1S/C10H9FN2/c1-7-10(13-6-12-7)8-2-4-9(11)5-3-8/h2-6H,1H3,(H,12,13). The molecule has 2 rings (SSSR count). The van der Waals surface area contributed by atoms with Crippen molar-refractivity contribution in [3.05, 3.63) is 42.1 Å². The van der Waals surface area contributed by atoms with E-state index >= 15 is 0 Å². The SMILES string of the molecule is Cc1[nH]cnc1-c1ccc(F)cc1. The summed E-state index contributed by atoms with van der Waals surface area (Å²) in [5.41, 5.74) is 2.80. The van der Waals surface area contributed by atoms with Crippen LogP contribution in [0.3, 0.4) is 0 Å². The van der Waals surface area contributed by atoms with Crippen LogP contribution in [0.25, 0.3) is 11.3 Å². The average Bonchev–Trinajstić information content (AvgIpc) is 2.53. The van der Waals surface area contributed by atoms with E-state index in [0.717, 1.165) is 17.0 Å². The van der Waals surface area contributed by atoms with Gasteiger partial charge in [0.1, 0.15) is 5.82 Å². The van der Waals surface area contributed by atoms with E-state index in [4.69, 9.17) is 0 Å². The van der Waals surface area contributed by atoms with Gasteiger partial charge in [-0.1, -0.05) is 0 Å². The van der Waals surface area contributed by atoms with Gasteiger partial charge in [-0.2, -0.15) is 0 Å². The summed E-state index contributed by atoms with van der Waals surface area (Å²) in [6.07, 6.45) is 1.63. The fourth-order valence-corrected chi connectivity index (χ4v) is 1.26. The Kier molecular flexibility index (Phi) is 1.85. The number of hydrogen-bond donors (Lipinski definition) is 1. The fourth-order valence-electron chi connectivity index (χ4n) is 1.26. The van der Waals surface area contributed by atoms with Gasteiger partial charge in [-0.05, 0) is 31.2 Å². The second-order valence-corrected chi connectivity index (χ2v) is 2.88. The van der Waals surface area contributed by atoms with Crippen LogP contribution in [-0.4, -0.2) is 9.97 Å². The van der Waals surface area contributed by atoms with Crippen LogP contribution in [0.2, 0.25) is 0 Å². The summed E-state index contributed by atoms with van der Waals surface area (Å²) >= 11 is 0. The van der Waals surface area contributed by atoms with Crippen LogP contribution in [0.1, 0.15) is 5.69 Å². The van der Waals surface area contributed by atoms with E-state index in [1.54, 1.807) is 18.5 Å². The molecule has 0 aliphatic carbocycles. The average molecular weight is 176 g/mol. The van der Waals surface area contributed by atoms with Crippen LogP contribution < -0.4 is 0 Å². The predicted octanol–water partition coefficient (Wildman–Crippen LogP) is 2.52. The summed E-state index contributed by atoms with van der Waals surface area (Å²) in [6.45, 7) is 1.94. The van der Waals surface area contributed by atoms with E-state index in [2.05, 4.69) is 9.97 Å². The minimum absolute atomic E-state index is 0.225. The third-order valence-electron chi connectivity index (χ3n) is 1.95. The van der Waals surface area contributed by atoms with E-state index in [0.29, 0.717) is 0 Å². The molecule has 0 atom stereocenters. The molecule has 0 aliphatic rings. The van der Waals surface area contributed by atoms with Crippen molar-refractivity contribution in [2.24, 2.45) is 0 Å². The van der Waals surface area contributed by atoms with Crippen molar-refractivity contribution in [1.29, 1.82) is 0 Å². The number of nitrogens with one attached hydrogen (secondary N) is 1. The number of halogens is 1. The number of benzene rings is 1. The highest BCUT2D eigenvalue weighted by Crippen LogP contribution is 2.19. The van der Waals surface area contributed by atoms with Gasteiger partial charge in [-0.25, -0.2) is 9.37 Å². The topological polar surface area (TPSA) is 28.7 Å². The highest BCUT2D eigenvalue weighted by atomic mass is 19.1. The van der Waals surface area contributed by atoms with Crippen molar-refractivity contribution in [3.63, 3.8) is 0 Å². The monoisotopic (exact) mass is 176 g/mol. The Balaban J connectivity index is 2.47. The normalized spacial score (nSPS) is 10.3. The van der Waals surface area contributed by atoms with Gasteiger partial charge >= 0.3 is 0 Å². The Hall–Kier alpha value is -1.64. The molecule has 66 valence electrons. The summed E-state index contributed by atoms with van der Waals surface area (Å²) in [5.74, 6) is -0.225. The van der Waals surface area contributed by atoms with Crippen molar-refractivity contribution < 1.29 is 4.39 Å². The molecule has 1 N–H and O–H groups in total. The number of H-pyrrole nitrogens is 1. The van der Waals surface area contributed by atoms with Crippen LogP contribution in [0.5, 0.6) is 0 Å². The zero-order valence-corrected chi connectivity index (χ0v) is 7.21. The Bertz CT molecular complexity index is 403. The Morgan fingerprint density at radius 1 is 1.23 bits per heavy atom. The molecule has 0 aliphatic heterocycles. The Morgan fingerprint density at radius 3 is 2.46 bits per heavy atom. The van der Waals surface area contributed by atoms with Crippen LogP contribution >= 0.6 is 0 Å². The first-order chi connectivity index (χ1) is 6.27. The molecule has 0 amide bonds. The molecule has 0 unspecified atom stereocenters. The molecule has 0 radical (unpaired) electrons. The Morgan fingerprint density at radius 2 is 1.92 bits per heavy atom. The van der Waals surface area contributed by atoms with Gasteiger partial charge in [0.2, 0.25) is 0 Å². The molecule has 0 fully saturated rings. The van der Waals surface area contributed by atoms with Gasteiger partial charge in [-0.15, -0.1) is 0 Å². The number of nitrogens with zero attached hydrogens (tertiary/aromatic N) is 1. The lowest BCUT2D eigenvalue weighted by molar-refractivity contribution is 0.628. The van der Waals surface area contributed by atoms with Crippen molar-refractivity contribution in [2.75, 3.05) is 0 Å². The molecule has 13 heavy (non-hydrogen) atoms. The zero-order valence-electron chi connectivity index (χ0n) is 7.21. The lowest BCUT2D eigenvalue weighted by Crippen LogP contribution is -1.81. The summed E-state index contributed by atoms with van der Waals surface area (Å²) in [6, 6.07) is 6.31. The van der Waals surface area contributed by atoms with Gasteiger partial charge in [0, 0.05) is 11.3 Å². The number of imidazole rings is 1. The fraction of sp³-hybridized carbons (Fsp3) is 0.100. The molecule has 2 aromatic rings. The smallest absolute Gasteiger partial charge is 0.123 e. The number of aryl methyl sites for hydroxylation is 1. The van der Waals surface area contributed by atoms with Crippen molar-refractivity contribution in [3.8, 4) is 11.3 Å². The van der Waals surface area contributed by atoms with Crippen LogP contribution in [0.15, 0.2) is 30.6 Å². The van der Waals surface area contributed by atoms with E-state index in [9.17, 15) is 4.39 Å². The maximum absolute atomic E-state index is 12.6. The molecule has 1 aromatic carbocycles. The largest absolute Gasteiger partial charge is 0.348 e. The lowest BCUT2D eigenvalue weighted by atomic mass is 10.1. The van der Waals surface area contributed by atoms with Gasteiger partial charge in [0.05, 0.1) is 12.0 Å². The molecule has 2 nitrogen and oxygen atoms in total. The highest BCUT2D eigenvalue weighted by Gasteiger charge is 2.03. The molecule has 0 bridgehead atoms. The number of hydrogen-bond acceptors (Lipinski definition) is 1. The van der Waals surface area contributed by atoms with Crippen molar-refractivity contribution in [2.45, 2.75) is 6.92 Å². The molecule has 0 spiro atoms. The predicted molar refractivity (Wildman–Crippen MR) is 48.7 cm³/mol. The minimum Gasteiger partial charge on any atom is -0.348 e. The maximum Gasteiger partial charge on any atom is 0.123 e. The molecular weight excluding hydrogens is 167 g/mol. The summed E-state index contributed by atoms with van der Waals surface area (Å²) < 4.78 is 12.6. The first-order valence-corrected chi connectivity index (χ1v) is 4.03. The van der Waals surface area contributed by atoms with Crippen LogP contribution in [-0.2, 0) is 0 Å². The van der Waals surface area contributed by atoms with Crippen LogP contribution in [0, 0.1) is 12.7 Å².